The van der Waals surface area contributed by atoms with Gasteiger partial charge in [-0.05, 0) is 31.1 Å². The molecule has 80 valence electrons. The van der Waals surface area contributed by atoms with E-state index in [4.69, 9.17) is 0 Å². The van der Waals surface area contributed by atoms with E-state index in [0.717, 1.165) is 0 Å². The molecule has 1 heteroatoms. The molecule has 2 fully saturated rings. The molecule has 0 aromatic rings. The zero-order valence-electron chi connectivity index (χ0n) is 9.51. The van der Waals surface area contributed by atoms with Crippen LogP contribution in [0.1, 0.15) is 58.8 Å². The molecule has 0 aromatic carbocycles. The van der Waals surface area contributed by atoms with Crippen molar-refractivity contribution in [2.45, 2.75) is 58.8 Å². The summed E-state index contributed by atoms with van der Waals surface area (Å²) in [6.07, 6.45) is 9.45. The molecule has 0 bridgehead atoms. The Labute approximate surface area is 87.3 Å². The third kappa shape index (κ3) is 1.74. The molecule has 0 atom stereocenters. The van der Waals surface area contributed by atoms with Gasteiger partial charge in [-0.15, -0.1) is 0 Å². The van der Waals surface area contributed by atoms with Gasteiger partial charge < -0.3 is 0 Å². The van der Waals surface area contributed by atoms with Crippen molar-refractivity contribution in [2.75, 3.05) is 0 Å². The second-order valence-electron chi connectivity index (χ2n) is 5.72. The minimum Gasteiger partial charge on any atom is -0.299 e. The Bertz CT molecular complexity index is 215. The molecule has 1 nitrogen and oxygen atoms in total. The fourth-order valence-corrected chi connectivity index (χ4v) is 3.37. The maximum absolute atomic E-state index is 11.8. The summed E-state index contributed by atoms with van der Waals surface area (Å²) in [5.41, 5.74) is 0.619. The lowest BCUT2D eigenvalue weighted by atomic mass is 9.54. The van der Waals surface area contributed by atoms with Gasteiger partial charge in [0.15, 0.2) is 0 Å². The van der Waals surface area contributed by atoms with Gasteiger partial charge in [0.2, 0.25) is 0 Å². The average molecular weight is 194 g/mol. The molecule has 0 radical (unpaired) electrons. The van der Waals surface area contributed by atoms with Gasteiger partial charge >= 0.3 is 0 Å². The van der Waals surface area contributed by atoms with E-state index in [2.05, 4.69) is 0 Å². The number of ketones is 1. The lowest BCUT2D eigenvalue weighted by Gasteiger charge is -2.50. The van der Waals surface area contributed by atoms with Crippen LogP contribution in [0.3, 0.4) is 0 Å². The zero-order valence-corrected chi connectivity index (χ0v) is 9.51. The fraction of sp³-hybridized carbons (Fsp3) is 0.923. The van der Waals surface area contributed by atoms with Crippen LogP contribution in [0.25, 0.3) is 0 Å². The van der Waals surface area contributed by atoms with Crippen LogP contribution in [0.2, 0.25) is 0 Å². The molecule has 1 spiro atoms. The van der Waals surface area contributed by atoms with Gasteiger partial charge in [-0.1, -0.05) is 33.1 Å². The Morgan fingerprint density at radius 3 is 2.21 bits per heavy atom. The third-order valence-electron chi connectivity index (χ3n) is 4.24. The number of carbonyl (C=O) groups is 1. The minimum absolute atomic E-state index is 0.251. The van der Waals surface area contributed by atoms with E-state index in [-0.39, 0.29) is 5.92 Å². The highest BCUT2D eigenvalue weighted by Gasteiger charge is 2.47. The van der Waals surface area contributed by atoms with Crippen LogP contribution in [-0.2, 0) is 4.79 Å². The molecule has 2 rings (SSSR count). The van der Waals surface area contributed by atoms with Crippen molar-refractivity contribution < 1.29 is 4.79 Å². The normalized spacial score (nSPS) is 26.5. The topological polar surface area (TPSA) is 17.1 Å². The van der Waals surface area contributed by atoms with Crippen molar-refractivity contribution in [1.29, 1.82) is 0 Å². The minimum atomic E-state index is 0.251. The maximum Gasteiger partial charge on any atom is 0.138 e. The average Bonchev–Trinajstić information content (AvgIpc) is 2.14. The molecule has 0 aliphatic heterocycles. The van der Waals surface area contributed by atoms with Crippen LogP contribution in [0.4, 0.5) is 0 Å². The SMILES string of the molecule is CC(C)C(=O)C1CC2(CCCCC2)C1. The Morgan fingerprint density at radius 2 is 1.71 bits per heavy atom. The van der Waals surface area contributed by atoms with Crippen LogP contribution < -0.4 is 0 Å². The quantitative estimate of drug-likeness (QED) is 0.656. The van der Waals surface area contributed by atoms with Crippen molar-refractivity contribution in [3.8, 4) is 0 Å². The van der Waals surface area contributed by atoms with Gasteiger partial charge in [0.25, 0.3) is 0 Å². The molecule has 2 aliphatic rings. The van der Waals surface area contributed by atoms with Crippen LogP contribution in [0.5, 0.6) is 0 Å². The summed E-state index contributed by atoms with van der Waals surface area (Å²) in [6.45, 7) is 4.07. The highest BCUT2D eigenvalue weighted by Crippen LogP contribution is 2.55. The highest BCUT2D eigenvalue weighted by molar-refractivity contribution is 5.83. The summed E-state index contributed by atoms with van der Waals surface area (Å²) < 4.78 is 0. The molecule has 0 aromatic heterocycles. The van der Waals surface area contributed by atoms with Gasteiger partial charge in [-0.3, -0.25) is 4.79 Å². The Kier molecular flexibility index (Phi) is 2.68. The first-order valence-electron chi connectivity index (χ1n) is 6.17. The standard InChI is InChI=1S/C13H22O/c1-10(2)12(14)11-8-13(9-11)6-4-3-5-7-13/h10-11H,3-9H2,1-2H3. The number of rotatable bonds is 2. The Morgan fingerprint density at radius 1 is 1.14 bits per heavy atom. The second-order valence-corrected chi connectivity index (χ2v) is 5.72. The van der Waals surface area contributed by atoms with E-state index in [1.807, 2.05) is 13.8 Å². The van der Waals surface area contributed by atoms with Gasteiger partial charge in [0.1, 0.15) is 5.78 Å². The van der Waals surface area contributed by atoms with E-state index in [0.29, 0.717) is 17.1 Å². The smallest absolute Gasteiger partial charge is 0.138 e. The fourth-order valence-electron chi connectivity index (χ4n) is 3.37. The molecule has 0 saturated heterocycles. The first-order chi connectivity index (χ1) is 6.63. The van der Waals surface area contributed by atoms with Gasteiger partial charge in [0, 0.05) is 11.8 Å². The van der Waals surface area contributed by atoms with Crippen molar-refractivity contribution in [3.63, 3.8) is 0 Å². The number of Topliss-reactive ketones (excluding diaryl/α,β-unsaturated/α-hetero) is 1. The monoisotopic (exact) mass is 194 g/mol. The van der Waals surface area contributed by atoms with Crippen LogP contribution in [-0.4, -0.2) is 5.78 Å². The zero-order chi connectivity index (χ0) is 10.2. The lowest BCUT2D eigenvalue weighted by molar-refractivity contribution is -0.134. The number of hydrogen-bond acceptors (Lipinski definition) is 1. The molecular weight excluding hydrogens is 172 g/mol. The number of hydrogen-bond donors (Lipinski definition) is 0. The van der Waals surface area contributed by atoms with E-state index >= 15 is 0 Å². The summed E-state index contributed by atoms with van der Waals surface area (Å²) in [4.78, 5) is 11.8. The molecule has 0 heterocycles. The maximum atomic E-state index is 11.8. The van der Waals surface area contributed by atoms with Crippen LogP contribution in [0, 0.1) is 17.3 Å². The van der Waals surface area contributed by atoms with Crippen molar-refractivity contribution in [1.82, 2.24) is 0 Å². The van der Waals surface area contributed by atoms with Gasteiger partial charge in [0.05, 0.1) is 0 Å². The largest absolute Gasteiger partial charge is 0.299 e. The highest BCUT2D eigenvalue weighted by atomic mass is 16.1. The van der Waals surface area contributed by atoms with E-state index in [1.165, 1.54) is 44.9 Å². The summed E-state index contributed by atoms with van der Waals surface area (Å²) in [5.74, 6) is 1.19. The van der Waals surface area contributed by atoms with Crippen LogP contribution >= 0.6 is 0 Å². The summed E-state index contributed by atoms with van der Waals surface area (Å²) >= 11 is 0. The summed E-state index contributed by atoms with van der Waals surface area (Å²) in [7, 11) is 0. The predicted octanol–water partition coefficient (Wildman–Crippen LogP) is 3.57. The predicted molar refractivity (Wildman–Crippen MR) is 58.1 cm³/mol. The van der Waals surface area contributed by atoms with Crippen molar-refractivity contribution in [3.05, 3.63) is 0 Å². The molecule has 2 saturated carbocycles. The van der Waals surface area contributed by atoms with E-state index in [1.54, 1.807) is 0 Å². The second kappa shape index (κ2) is 3.67. The Balaban J connectivity index is 1.85. The van der Waals surface area contributed by atoms with Crippen molar-refractivity contribution >= 4 is 5.78 Å². The van der Waals surface area contributed by atoms with Crippen molar-refractivity contribution in [2.24, 2.45) is 17.3 Å². The molecule has 0 N–H and O–H groups in total. The lowest BCUT2D eigenvalue weighted by Crippen LogP contribution is -2.43. The first-order valence-corrected chi connectivity index (χ1v) is 6.17. The molecule has 0 amide bonds. The third-order valence-corrected chi connectivity index (χ3v) is 4.24. The number of carbonyl (C=O) groups excluding carboxylic acids is 1. The summed E-state index contributed by atoms with van der Waals surface area (Å²) in [5, 5.41) is 0. The van der Waals surface area contributed by atoms with Gasteiger partial charge in [-0.25, -0.2) is 0 Å². The summed E-state index contributed by atoms with van der Waals surface area (Å²) in [6, 6.07) is 0. The van der Waals surface area contributed by atoms with E-state index < -0.39 is 0 Å². The molecule has 2 aliphatic carbocycles. The Hall–Kier alpha value is -0.330. The first kappa shape index (κ1) is 10.2. The molecule has 14 heavy (non-hydrogen) atoms. The van der Waals surface area contributed by atoms with Crippen LogP contribution in [0.15, 0.2) is 0 Å². The molecule has 0 unspecified atom stereocenters. The van der Waals surface area contributed by atoms with Gasteiger partial charge in [-0.2, -0.15) is 0 Å². The van der Waals surface area contributed by atoms with E-state index in [9.17, 15) is 4.79 Å². The molecular formula is C13H22O.